The average molecular weight is 204 g/mol. The Kier molecular flexibility index (Phi) is 3.62. The summed E-state index contributed by atoms with van der Waals surface area (Å²) in [5.41, 5.74) is 0.636. The molecule has 0 unspecified atom stereocenters. The van der Waals surface area contributed by atoms with Crippen molar-refractivity contribution < 1.29 is 9.90 Å². The largest absolute Gasteiger partial charge is 0.505 e. The third-order valence-electron chi connectivity index (χ3n) is 1.56. The van der Waals surface area contributed by atoms with Gasteiger partial charge in [-0.2, -0.15) is 0 Å². The molecule has 78 valence electrons. The van der Waals surface area contributed by atoms with Crippen molar-refractivity contribution in [2.45, 2.75) is 6.92 Å². The maximum Gasteiger partial charge on any atom is 0.222 e. The topological polar surface area (TPSA) is 61.7 Å². The predicted molar refractivity (Wildman–Crippen MR) is 59.1 cm³/mol. The quantitative estimate of drug-likeness (QED) is 0.439. The summed E-state index contributed by atoms with van der Waals surface area (Å²) in [6.07, 6.45) is 0. The number of amides is 1. The lowest BCUT2D eigenvalue weighted by molar-refractivity contribution is -0.117. The van der Waals surface area contributed by atoms with Crippen LogP contribution in [0.2, 0.25) is 0 Å². The standard InChI is InChI=1S/C11H12N2O2/c1-8(14)11(12-9(2)15)13-10-6-4-3-5-7-10/h3-7,14H,1H2,2H3,(H,12,13,15). The van der Waals surface area contributed by atoms with Crippen molar-refractivity contribution in [2.75, 3.05) is 0 Å². The molecule has 0 aliphatic rings. The van der Waals surface area contributed by atoms with Gasteiger partial charge < -0.3 is 10.4 Å². The normalized spacial score (nSPS) is 10.9. The first kappa shape index (κ1) is 11.0. The molecule has 0 spiro atoms. The molecule has 0 saturated heterocycles. The van der Waals surface area contributed by atoms with Crippen molar-refractivity contribution in [2.24, 2.45) is 4.99 Å². The summed E-state index contributed by atoms with van der Waals surface area (Å²) in [5.74, 6) is -0.511. The maximum atomic E-state index is 10.8. The number of nitrogens with zero attached hydrogens (tertiary/aromatic N) is 1. The van der Waals surface area contributed by atoms with Gasteiger partial charge in [-0.05, 0) is 12.1 Å². The number of hydrogen-bond donors (Lipinski definition) is 2. The fourth-order valence-electron chi connectivity index (χ4n) is 0.963. The van der Waals surface area contributed by atoms with E-state index in [0.717, 1.165) is 0 Å². The molecule has 1 aromatic carbocycles. The lowest BCUT2D eigenvalue weighted by Gasteiger charge is -2.04. The van der Waals surface area contributed by atoms with Gasteiger partial charge in [-0.25, -0.2) is 4.99 Å². The molecule has 0 aliphatic carbocycles. The molecular weight excluding hydrogens is 192 g/mol. The molecule has 15 heavy (non-hydrogen) atoms. The molecule has 2 N–H and O–H groups in total. The Morgan fingerprint density at radius 1 is 1.40 bits per heavy atom. The van der Waals surface area contributed by atoms with Crippen LogP contribution in [0.25, 0.3) is 0 Å². The van der Waals surface area contributed by atoms with Crippen molar-refractivity contribution in [3.05, 3.63) is 42.7 Å². The molecule has 1 amide bonds. The molecule has 0 saturated carbocycles. The van der Waals surface area contributed by atoms with Crippen LogP contribution in [0.4, 0.5) is 5.69 Å². The summed E-state index contributed by atoms with van der Waals surface area (Å²) < 4.78 is 0. The average Bonchev–Trinajstić information content (AvgIpc) is 2.17. The summed E-state index contributed by atoms with van der Waals surface area (Å²) in [6.45, 7) is 4.65. The van der Waals surface area contributed by atoms with Gasteiger partial charge in [-0.1, -0.05) is 24.8 Å². The number of aliphatic hydroxyl groups is 1. The van der Waals surface area contributed by atoms with Crippen molar-refractivity contribution in [1.29, 1.82) is 0 Å². The molecule has 1 rings (SSSR count). The molecule has 0 atom stereocenters. The molecule has 0 fully saturated rings. The first-order valence-electron chi connectivity index (χ1n) is 4.39. The van der Waals surface area contributed by atoms with E-state index in [-0.39, 0.29) is 17.5 Å². The van der Waals surface area contributed by atoms with Crippen molar-refractivity contribution >= 4 is 17.4 Å². The SMILES string of the molecule is C=C(O)C(=Nc1ccccc1)NC(C)=O. The van der Waals surface area contributed by atoms with Gasteiger partial charge >= 0.3 is 0 Å². The number of aliphatic imine (C=N–C) groups is 1. The Hall–Kier alpha value is -2.10. The van der Waals surface area contributed by atoms with Crippen LogP contribution in [-0.2, 0) is 4.79 Å². The van der Waals surface area contributed by atoms with Crippen LogP contribution in [0.1, 0.15) is 6.92 Å². The minimum Gasteiger partial charge on any atom is -0.505 e. The van der Waals surface area contributed by atoms with E-state index in [4.69, 9.17) is 0 Å². The van der Waals surface area contributed by atoms with Gasteiger partial charge in [-0.3, -0.25) is 4.79 Å². The third-order valence-corrected chi connectivity index (χ3v) is 1.56. The first-order valence-corrected chi connectivity index (χ1v) is 4.39. The molecule has 0 aliphatic heterocycles. The van der Waals surface area contributed by atoms with E-state index in [9.17, 15) is 9.90 Å². The molecular formula is C11H12N2O2. The molecule has 1 aromatic rings. The summed E-state index contributed by atoms with van der Waals surface area (Å²) in [6, 6.07) is 8.98. The number of carbonyl (C=O) groups is 1. The Balaban J connectivity index is 2.94. The number of amidine groups is 1. The Morgan fingerprint density at radius 3 is 2.47 bits per heavy atom. The second-order valence-electron chi connectivity index (χ2n) is 2.92. The number of aliphatic hydroxyl groups excluding tert-OH is 1. The van der Waals surface area contributed by atoms with E-state index in [2.05, 4.69) is 16.9 Å². The molecule has 4 heteroatoms. The molecule has 0 radical (unpaired) electrons. The predicted octanol–water partition coefficient (Wildman–Crippen LogP) is 1.92. The Bertz CT molecular complexity index is 396. The highest BCUT2D eigenvalue weighted by Gasteiger charge is 2.04. The zero-order valence-electron chi connectivity index (χ0n) is 8.40. The lowest BCUT2D eigenvalue weighted by atomic mass is 10.3. The van der Waals surface area contributed by atoms with Crippen molar-refractivity contribution in [1.82, 2.24) is 5.32 Å². The van der Waals surface area contributed by atoms with Crippen molar-refractivity contribution in [3.63, 3.8) is 0 Å². The smallest absolute Gasteiger partial charge is 0.222 e. The van der Waals surface area contributed by atoms with Crippen LogP contribution < -0.4 is 5.32 Å². The number of rotatable bonds is 2. The molecule has 0 aromatic heterocycles. The lowest BCUT2D eigenvalue weighted by Crippen LogP contribution is -2.29. The van der Waals surface area contributed by atoms with Crippen LogP contribution in [0.3, 0.4) is 0 Å². The van der Waals surface area contributed by atoms with E-state index >= 15 is 0 Å². The Morgan fingerprint density at radius 2 is 2.00 bits per heavy atom. The van der Waals surface area contributed by atoms with E-state index in [1.165, 1.54) is 6.92 Å². The highest BCUT2D eigenvalue weighted by molar-refractivity contribution is 6.06. The van der Waals surface area contributed by atoms with E-state index in [1.807, 2.05) is 18.2 Å². The summed E-state index contributed by atoms with van der Waals surface area (Å²) in [4.78, 5) is 14.8. The van der Waals surface area contributed by atoms with Crippen LogP contribution >= 0.6 is 0 Å². The van der Waals surface area contributed by atoms with Gasteiger partial charge in [-0.15, -0.1) is 0 Å². The number of hydrogen-bond acceptors (Lipinski definition) is 3. The van der Waals surface area contributed by atoms with Crippen LogP contribution in [-0.4, -0.2) is 16.8 Å². The van der Waals surface area contributed by atoms with Crippen molar-refractivity contribution in [3.8, 4) is 0 Å². The van der Waals surface area contributed by atoms with Crippen LogP contribution in [0, 0.1) is 0 Å². The van der Waals surface area contributed by atoms with Gasteiger partial charge in [0, 0.05) is 6.92 Å². The van der Waals surface area contributed by atoms with Crippen LogP contribution in [0.5, 0.6) is 0 Å². The monoisotopic (exact) mass is 204 g/mol. The number of nitrogens with one attached hydrogen (secondary N) is 1. The first-order chi connectivity index (χ1) is 7.09. The summed E-state index contributed by atoms with van der Waals surface area (Å²) in [5, 5.41) is 11.6. The minimum absolute atomic E-state index is 0.0636. The van der Waals surface area contributed by atoms with Gasteiger partial charge in [0.25, 0.3) is 0 Å². The second-order valence-corrected chi connectivity index (χ2v) is 2.92. The highest BCUT2D eigenvalue weighted by atomic mass is 16.3. The van der Waals surface area contributed by atoms with Gasteiger partial charge in [0.15, 0.2) is 11.6 Å². The van der Waals surface area contributed by atoms with Gasteiger partial charge in [0.05, 0.1) is 5.69 Å². The third kappa shape index (κ3) is 3.64. The molecule has 0 heterocycles. The van der Waals surface area contributed by atoms with Crippen LogP contribution in [0.15, 0.2) is 47.7 Å². The van der Waals surface area contributed by atoms with E-state index < -0.39 is 0 Å². The summed E-state index contributed by atoms with van der Waals surface area (Å²) in [7, 11) is 0. The zero-order valence-corrected chi connectivity index (χ0v) is 8.40. The molecule has 0 bridgehead atoms. The maximum absolute atomic E-state index is 10.8. The Labute approximate surface area is 88.0 Å². The fourth-order valence-corrected chi connectivity index (χ4v) is 0.963. The minimum atomic E-state index is -0.306. The van der Waals surface area contributed by atoms with E-state index in [0.29, 0.717) is 5.69 Å². The van der Waals surface area contributed by atoms with E-state index in [1.54, 1.807) is 12.1 Å². The fraction of sp³-hybridized carbons (Fsp3) is 0.0909. The number of carbonyl (C=O) groups excluding carboxylic acids is 1. The zero-order chi connectivity index (χ0) is 11.3. The molecule has 4 nitrogen and oxygen atoms in total. The summed E-state index contributed by atoms with van der Waals surface area (Å²) >= 11 is 0. The second kappa shape index (κ2) is 4.95. The highest BCUT2D eigenvalue weighted by Crippen LogP contribution is 2.10. The number of benzene rings is 1. The van der Waals surface area contributed by atoms with Gasteiger partial charge in [0.1, 0.15) is 0 Å². The van der Waals surface area contributed by atoms with Gasteiger partial charge in [0.2, 0.25) is 5.91 Å². The number of para-hydroxylation sites is 1.